The van der Waals surface area contributed by atoms with Crippen molar-refractivity contribution in [1.29, 1.82) is 0 Å². The van der Waals surface area contributed by atoms with E-state index < -0.39 is 0 Å². The van der Waals surface area contributed by atoms with Gasteiger partial charge in [-0.15, -0.1) is 0 Å². The zero-order chi connectivity index (χ0) is 11.6. The van der Waals surface area contributed by atoms with Crippen LogP contribution in [-0.2, 0) is 4.79 Å². The summed E-state index contributed by atoms with van der Waals surface area (Å²) in [5, 5.41) is 0. The molecule has 88 valence electrons. The number of carbonyl (C=O) groups excluding carboxylic acids is 1. The highest BCUT2D eigenvalue weighted by atomic mass is 16.2. The van der Waals surface area contributed by atoms with Crippen LogP contribution >= 0.6 is 0 Å². The number of hydrogen-bond donors (Lipinski definition) is 0. The standard InChI is InChI=1S/C12H24N2O/c1-12(2,3)11(15)14-8-6-10(7-9-14)13(4)5/h10H,6-9H2,1-5H3. The Morgan fingerprint density at radius 1 is 1.20 bits per heavy atom. The van der Waals surface area contributed by atoms with Crippen LogP contribution in [0, 0.1) is 5.41 Å². The van der Waals surface area contributed by atoms with Crippen molar-refractivity contribution < 1.29 is 4.79 Å². The molecular weight excluding hydrogens is 188 g/mol. The molecule has 0 aliphatic carbocycles. The predicted octanol–water partition coefficient (Wildman–Crippen LogP) is 1.59. The number of amides is 1. The van der Waals surface area contributed by atoms with E-state index in [0.717, 1.165) is 25.9 Å². The Balaban J connectivity index is 2.48. The quantitative estimate of drug-likeness (QED) is 0.659. The third kappa shape index (κ3) is 3.20. The maximum Gasteiger partial charge on any atom is 0.227 e. The van der Waals surface area contributed by atoms with E-state index in [0.29, 0.717) is 11.9 Å². The van der Waals surface area contributed by atoms with Crippen molar-refractivity contribution in [2.45, 2.75) is 39.7 Å². The lowest BCUT2D eigenvalue weighted by molar-refractivity contribution is -0.140. The Morgan fingerprint density at radius 3 is 2.00 bits per heavy atom. The zero-order valence-corrected chi connectivity index (χ0v) is 10.7. The molecule has 0 N–H and O–H groups in total. The van der Waals surface area contributed by atoms with Crippen molar-refractivity contribution in [3.63, 3.8) is 0 Å². The van der Waals surface area contributed by atoms with Gasteiger partial charge in [0.2, 0.25) is 5.91 Å². The number of nitrogens with zero attached hydrogens (tertiary/aromatic N) is 2. The summed E-state index contributed by atoms with van der Waals surface area (Å²) < 4.78 is 0. The fourth-order valence-corrected chi connectivity index (χ4v) is 2.06. The van der Waals surface area contributed by atoms with E-state index in [9.17, 15) is 4.79 Å². The van der Waals surface area contributed by atoms with Crippen LogP contribution in [0.3, 0.4) is 0 Å². The van der Waals surface area contributed by atoms with Crippen molar-refractivity contribution >= 4 is 5.91 Å². The molecule has 0 unspecified atom stereocenters. The van der Waals surface area contributed by atoms with Crippen molar-refractivity contribution in [1.82, 2.24) is 9.80 Å². The highest BCUT2D eigenvalue weighted by Crippen LogP contribution is 2.21. The van der Waals surface area contributed by atoms with Crippen LogP contribution in [0.4, 0.5) is 0 Å². The number of piperidine rings is 1. The van der Waals surface area contributed by atoms with E-state index in [2.05, 4.69) is 19.0 Å². The molecule has 0 spiro atoms. The van der Waals surface area contributed by atoms with Gasteiger partial charge in [0.15, 0.2) is 0 Å². The van der Waals surface area contributed by atoms with Crippen LogP contribution in [0.2, 0.25) is 0 Å². The Kier molecular flexibility index (Phi) is 3.77. The van der Waals surface area contributed by atoms with Gasteiger partial charge in [0.25, 0.3) is 0 Å². The second kappa shape index (κ2) is 4.52. The topological polar surface area (TPSA) is 23.6 Å². The van der Waals surface area contributed by atoms with Crippen molar-refractivity contribution in [2.75, 3.05) is 27.2 Å². The fourth-order valence-electron chi connectivity index (χ4n) is 2.06. The Morgan fingerprint density at radius 2 is 1.67 bits per heavy atom. The molecule has 3 heteroatoms. The predicted molar refractivity (Wildman–Crippen MR) is 62.7 cm³/mol. The largest absolute Gasteiger partial charge is 0.342 e. The molecule has 1 amide bonds. The first-order chi connectivity index (χ1) is 6.82. The smallest absolute Gasteiger partial charge is 0.227 e. The minimum Gasteiger partial charge on any atom is -0.342 e. The third-order valence-electron chi connectivity index (χ3n) is 3.12. The summed E-state index contributed by atoms with van der Waals surface area (Å²) in [6.45, 7) is 7.81. The molecule has 1 rings (SSSR count). The van der Waals surface area contributed by atoms with E-state index in [-0.39, 0.29) is 5.41 Å². The summed E-state index contributed by atoms with van der Waals surface area (Å²) in [5.41, 5.74) is -0.231. The van der Waals surface area contributed by atoms with Crippen LogP contribution in [0.1, 0.15) is 33.6 Å². The van der Waals surface area contributed by atoms with Gasteiger partial charge in [-0.2, -0.15) is 0 Å². The minimum absolute atomic E-state index is 0.231. The van der Waals surface area contributed by atoms with Gasteiger partial charge in [0, 0.05) is 24.5 Å². The van der Waals surface area contributed by atoms with E-state index in [1.54, 1.807) is 0 Å². The van der Waals surface area contributed by atoms with Crippen LogP contribution < -0.4 is 0 Å². The minimum atomic E-state index is -0.231. The summed E-state index contributed by atoms with van der Waals surface area (Å²) in [6.07, 6.45) is 2.21. The molecule has 1 heterocycles. The van der Waals surface area contributed by atoms with Crippen molar-refractivity contribution in [3.8, 4) is 0 Å². The summed E-state index contributed by atoms with van der Waals surface area (Å²) in [6, 6.07) is 0.647. The van der Waals surface area contributed by atoms with E-state index >= 15 is 0 Å². The number of hydrogen-bond acceptors (Lipinski definition) is 2. The average Bonchev–Trinajstić information content (AvgIpc) is 2.15. The lowest BCUT2D eigenvalue weighted by atomic mass is 9.93. The maximum absolute atomic E-state index is 12.0. The molecule has 0 saturated carbocycles. The fraction of sp³-hybridized carbons (Fsp3) is 0.917. The molecule has 0 atom stereocenters. The number of carbonyl (C=O) groups is 1. The van der Waals surface area contributed by atoms with Gasteiger partial charge in [-0.05, 0) is 26.9 Å². The van der Waals surface area contributed by atoms with Gasteiger partial charge in [-0.25, -0.2) is 0 Å². The van der Waals surface area contributed by atoms with Gasteiger partial charge in [-0.1, -0.05) is 20.8 Å². The van der Waals surface area contributed by atoms with Gasteiger partial charge in [-0.3, -0.25) is 4.79 Å². The maximum atomic E-state index is 12.0. The third-order valence-corrected chi connectivity index (χ3v) is 3.12. The molecule has 0 aromatic heterocycles. The Hall–Kier alpha value is -0.570. The van der Waals surface area contributed by atoms with E-state index in [4.69, 9.17) is 0 Å². The SMILES string of the molecule is CN(C)C1CCN(C(=O)C(C)(C)C)CC1. The highest BCUT2D eigenvalue weighted by molar-refractivity contribution is 5.81. The molecule has 1 aliphatic heterocycles. The molecule has 0 aromatic rings. The molecule has 0 aromatic carbocycles. The summed E-state index contributed by atoms with van der Waals surface area (Å²) in [7, 11) is 4.23. The molecule has 15 heavy (non-hydrogen) atoms. The highest BCUT2D eigenvalue weighted by Gasteiger charge is 2.30. The van der Waals surface area contributed by atoms with Crippen LogP contribution in [0.15, 0.2) is 0 Å². The summed E-state index contributed by atoms with van der Waals surface area (Å²) in [4.78, 5) is 16.3. The lowest BCUT2D eigenvalue weighted by Crippen LogP contribution is -2.47. The van der Waals surface area contributed by atoms with Crippen LogP contribution in [-0.4, -0.2) is 48.9 Å². The number of rotatable bonds is 1. The van der Waals surface area contributed by atoms with Gasteiger partial charge in [0.05, 0.1) is 0 Å². The summed E-state index contributed by atoms with van der Waals surface area (Å²) in [5.74, 6) is 0.291. The molecule has 1 saturated heterocycles. The summed E-state index contributed by atoms with van der Waals surface area (Å²) >= 11 is 0. The molecular formula is C12H24N2O. The second-order valence-corrected chi connectivity index (χ2v) is 5.74. The monoisotopic (exact) mass is 212 g/mol. The van der Waals surface area contributed by atoms with Gasteiger partial charge >= 0.3 is 0 Å². The van der Waals surface area contributed by atoms with E-state index in [1.807, 2.05) is 25.7 Å². The first-order valence-electron chi connectivity index (χ1n) is 5.78. The lowest BCUT2D eigenvalue weighted by Gasteiger charge is -2.37. The van der Waals surface area contributed by atoms with E-state index in [1.165, 1.54) is 0 Å². The Labute approximate surface area is 93.4 Å². The number of likely N-dealkylation sites (tertiary alicyclic amines) is 1. The van der Waals surface area contributed by atoms with Gasteiger partial charge in [0.1, 0.15) is 0 Å². The van der Waals surface area contributed by atoms with Crippen molar-refractivity contribution in [3.05, 3.63) is 0 Å². The van der Waals surface area contributed by atoms with Crippen molar-refractivity contribution in [2.24, 2.45) is 5.41 Å². The average molecular weight is 212 g/mol. The first kappa shape index (κ1) is 12.5. The first-order valence-corrected chi connectivity index (χ1v) is 5.78. The molecule has 3 nitrogen and oxygen atoms in total. The second-order valence-electron chi connectivity index (χ2n) is 5.74. The normalized spacial score (nSPS) is 19.7. The molecule has 1 aliphatic rings. The molecule has 1 fully saturated rings. The zero-order valence-electron chi connectivity index (χ0n) is 10.7. The Bertz CT molecular complexity index is 222. The van der Waals surface area contributed by atoms with Gasteiger partial charge < -0.3 is 9.80 Å². The van der Waals surface area contributed by atoms with Crippen LogP contribution in [0.5, 0.6) is 0 Å². The molecule has 0 radical (unpaired) electrons. The van der Waals surface area contributed by atoms with Crippen LogP contribution in [0.25, 0.3) is 0 Å². The molecule has 0 bridgehead atoms.